The van der Waals surface area contributed by atoms with Crippen molar-refractivity contribution in [2.45, 2.75) is 19.5 Å². The number of thiazole rings is 1. The van der Waals surface area contributed by atoms with Crippen LogP contribution in [0.15, 0.2) is 119 Å². The number of aromatic nitrogens is 2. The summed E-state index contributed by atoms with van der Waals surface area (Å²) in [5.41, 5.74) is 4.73. The monoisotopic (exact) mass is 697 g/mol. The fourth-order valence-electron chi connectivity index (χ4n) is 5.90. The molecule has 0 bridgehead atoms. The molecule has 0 spiro atoms. The van der Waals surface area contributed by atoms with Crippen molar-refractivity contribution < 1.29 is 9.53 Å². The summed E-state index contributed by atoms with van der Waals surface area (Å²) in [5.74, 6) is -0.534. The highest BCUT2D eigenvalue weighted by Gasteiger charge is 2.35. The van der Waals surface area contributed by atoms with Gasteiger partial charge in [-0.25, -0.2) is 9.79 Å². The zero-order valence-electron chi connectivity index (χ0n) is 25.0. The summed E-state index contributed by atoms with van der Waals surface area (Å²) in [6.45, 7) is 2.45. The fourth-order valence-corrected chi connectivity index (χ4v) is 7.48. The molecule has 47 heavy (non-hydrogen) atoms. The lowest BCUT2D eigenvalue weighted by Crippen LogP contribution is -2.40. The summed E-state index contributed by atoms with van der Waals surface area (Å²) >= 11 is 20.2. The Balaban J connectivity index is 1.44. The first-order valence-corrected chi connectivity index (χ1v) is 16.8. The summed E-state index contributed by atoms with van der Waals surface area (Å²) in [7, 11) is 0. The van der Waals surface area contributed by atoms with Crippen molar-refractivity contribution in [3.05, 3.63) is 166 Å². The Bertz CT molecular complexity index is 2380. The minimum absolute atomic E-state index is 0.174. The average Bonchev–Trinajstić information content (AvgIpc) is 3.58. The summed E-state index contributed by atoms with van der Waals surface area (Å²) in [6.07, 6.45) is 3.91. The van der Waals surface area contributed by atoms with Crippen molar-refractivity contribution >= 4 is 74.8 Å². The van der Waals surface area contributed by atoms with E-state index in [9.17, 15) is 9.59 Å². The number of hydrogen-bond acceptors (Lipinski definition) is 5. The van der Waals surface area contributed by atoms with Crippen LogP contribution in [0.5, 0.6) is 0 Å². The molecular formula is C37H26Cl3N3O3S. The first-order valence-electron chi connectivity index (χ1n) is 14.9. The number of esters is 1. The molecule has 1 atom stereocenters. The molecule has 3 heterocycles. The number of carbonyl (C=O) groups is 1. The molecule has 0 unspecified atom stereocenters. The molecule has 0 amide bonds. The minimum atomic E-state index is -0.784. The Hall–Kier alpha value is -4.40. The Morgan fingerprint density at radius 2 is 1.66 bits per heavy atom. The SMILES string of the molecule is CCOC(=O)C1=C(c2ccccc2)N=c2s/c(=C\c3cn(Cc4ccc(Cl)cc4Cl)c4ccccc34)c(=O)n2[C@H]1c1ccc(Cl)cc1. The number of nitrogens with zero attached hydrogens (tertiary/aromatic N) is 3. The van der Waals surface area contributed by atoms with Crippen LogP contribution in [0.3, 0.4) is 0 Å². The van der Waals surface area contributed by atoms with Gasteiger partial charge in [0, 0.05) is 49.8 Å². The molecule has 0 fully saturated rings. The van der Waals surface area contributed by atoms with Crippen LogP contribution in [0, 0.1) is 0 Å². The van der Waals surface area contributed by atoms with Crippen molar-refractivity contribution in [3.63, 3.8) is 0 Å². The van der Waals surface area contributed by atoms with Gasteiger partial charge in [0.2, 0.25) is 0 Å². The van der Waals surface area contributed by atoms with Crippen molar-refractivity contribution in [3.8, 4) is 0 Å². The van der Waals surface area contributed by atoms with Crippen LogP contribution in [-0.2, 0) is 16.1 Å². The molecule has 6 nitrogen and oxygen atoms in total. The molecule has 0 N–H and O–H groups in total. The van der Waals surface area contributed by atoms with E-state index < -0.39 is 12.0 Å². The molecule has 6 aromatic rings. The van der Waals surface area contributed by atoms with Gasteiger partial charge in [-0.3, -0.25) is 9.36 Å². The van der Waals surface area contributed by atoms with Crippen LogP contribution in [-0.4, -0.2) is 21.7 Å². The second kappa shape index (κ2) is 13.0. The average molecular weight is 699 g/mol. The lowest BCUT2D eigenvalue weighted by molar-refractivity contribution is -0.138. The molecule has 1 aliphatic heterocycles. The predicted octanol–water partition coefficient (Wildman–Crippen LogP) is 7.90. The molecule has 7 rings (SSSR count). The molecule has 0 radical (unpaired) electrons. The Morgan fingerprint density at radius 1 is 0.936 bits per heavy atom. The van der Waals surface area contributed by atoms with Crippen molar-refractivity contribution in [2.75, 3.05) is 6.61 Å². The maximum absolute atomic E-state index is 14.4. The lowest BCUT2D eigenvalue weighted by Gasteiger charge is -2.25. The lowest BCUT2D eigenvalue weighted by atomic mass is 9.93. The van der Waals surface area contributed by atoms with E-state index in [2.05, 4.69) is 4.57 Å². The Kier molecular flexibility index (Phi) is 8.64. The van der Waals surface area contributed by atoms with E-state index in [1.54, 1.807) is 29.7 Å². The van der Waals surface area contributed by atoms with E-state index in [4.69, 9.17) is 44.5 Å². The Morgan fingerprint density at radius 3 is 2.40 bits per heavy atom. The molecule has 2 aromatic heterocycles. The second-order valence-corrected chi connectivity index (χ2v) is 13.2. The van der Waals surface area contributed by atoms with Gasteiger partial charge in [-0.05, 0) is 54.5 Å². The van der Waals surface area contributed by atoms with Gasteiger partial charge in [0.25, 0.3) is 5.56 Å². The third kappa shape index (κ3) is 5.96. The largest absolute Gasteiger partial charge is 0.463 e. The van der Waals surface area contributed by atoms with Gasteiger partial charge < -0.3 is 9.30 Å². The standard InChI is InChI=1S/C37H26Cl3N3O3S/c1-2-46-36(45)32-33(22-8-4-3-5-9-22)41-37-43(34(32)23-12-15-26(38)16-13-23)35(44)31(47-37)18-25-21-42(30-11-7-6-10-28(25)30)20-24-14-17-27(39)19-29(24)40/h3-19,21,34H,2,20H2,1H3/b31-18-/t34-/m0/s1. The molecule has 0 saturated heterocycles. The van der Waals surface area contributed by atoms with Gasteiger partial charge in [0.1, 0.15) is 0 Å². The van der Waals surface area contributed by atoms with Crippen molar-refractivity contribution in [1.82, 2.24) is 9.13 Å². The van der Waals surface area contributed by atoms with Gasteiger partial charge in [0.15, 0.2) is 4.80 Å². The summed E-state index contributed by atoms with van der Waals surface area (Å²) in [4.78, 5) is 33.5. The summed E-state index contributed by atoms with van der Waals surface area (Å²) in [5, 5.41) is 2.68. The van der Waals surface area contributed by atoms with E-state index in [1.807, 2.05) is 91.1 Å². The van der Waals surface area contributed by atoms with Crippen LogP contribution < -0.4 is 14.9 Å². The molecule has 0 saturated carbocycles. The third-order valence-corrected chi connectivity index (χ3v) is 9.84. The number of rotatable bonds is 7. The zero-order chi connectivity index (χ0) is 32.7. The van der Waals surface area contributed by atoms with Gasteiger partial charge in [0.05, 0.1) is 28.5 Å². The van der Waals surface area contributed by atoms with Gasteiger partial charge in [-0.2, -0.15) is 0 Å². The second-order valence-electron chi connectivity index (χ2n) is 10.9. The Labute approximate surface area is 289 Å². The van der Waals surface area contributed by atoms with Crippen LogP contribution in [0.1, 0.15) is 35.2 Å². The number of ether oxygens (including phenoxy) is 1. The maximum Gasteiger partial charge on any atom is 0.338 e. The number of halogens is 3. The minimum Gasteiger partial charge on any atom is -0.463 e. The van der Waals surface area contributed by atoms with Gasteiger partial charge in [-0.1, -0.05) is 113 Å². The van der Waals surface area contributed by atoms with Gasteiger partial charge >= 0.3 is 5.97 Å². The fraction of sp³-hybridized carbons (Fsp3) is 0.108. The molecule has 4 aromatic carbocycles. The van der Waals surface area contributed by atoms with E-state index in [0.717, 1.165) is 27.6 Å². The van der Waals surface area contributed by atoms with Crippen LogP contribution >= 0.6 is 46.1 Å². The van der Waals surface area contributed by atoms with Gasteiger partial charge in [-0.15, -0.1) is 0 Å². The van der Waals surface area contributed by atoms with E-state index in [1.165, 1.54) is 11.3 Å². The predicted molar refractivity (Wildman–Crippen MR) is 190 cm³/mol. The molecule has 10 heteroatoms. The highest BCUT2D eigenvalue weighted by molar-refractivity contribution is 7.07. The molecule has 0 aliphatic carbocycles. The smallest absolute Gasteiger partial charge is 0.338 e. The van der Waals surface area contributed by atoms with Crippen LogP contribution in [0.4, 0.5) is 0 Å². The van der Waals surface area contributed by atoms with Crippen LogP contribution in [0.25, 0.3) is 22.7 Å². The summed E-state index contributed by atoms with van der Waals surface area (Å²) in [6, 6.07) is 29.3. The molecule has 234 valence electrons. The molecular weight excluding hydrogens is 673 g/mol. The first kappa shape index (κ1) is 31.2. The van der Waals surface area contributed by atoms with Crippen molar-refractivity contribution in [1.29, 1.82) is 0 Å². The zero-order valence-corrected chi connectivity index (χ0v) is 28.1. The maximum atomic E-state index is 14.4. The number of hydrogen-bond donors (Lipinski definition) is 0. The van der Waals surface area contributed by atoms with E-state index >= 15 is 0 Å². The van der Waals surface area contributed by atoms with Crippen LogP contribution in [0.2, 0.25) is 15.1 Å². The number of benzene rings is 4. The highest BCUT2D eigenvalue weighted by Crippen LogP contribution is 2.35. The number of fused-ring (bicyclic) bond motifs is 2. The summed E-state index contributed by atoms with van der Waals surface area (Å²) < 4.78 is 9.73. The van der Waals surface area contributed by atoms with Crippen molar-refractivity contribution in [2.24, 2.45) is 4.99 Å². The highest BCUT2D eigenvalue weighted by atomic mass is 35.5. The topological polar surface area (TPSA) is 65.6 Å². The molecule has 1 aliphatic rings. The first-order chi connectivity index (χ1) is 22.8. The normalized spacial score (nSPS) is 14.7. The van der Waals surface area contributed by atoms with E-state index in [-0.39, 0.29) is 17.7 Å². The number of carbonyl (C=O) groups excluding carboxylic acids is 1. The number of para-hydroxylation sites is 1. The quantitative estimate of drug-likeness (QED) is 0.159. The van der Waals surface area contributed by atoms with E-state index in [0.29, 0.717) is 42.2 Å². The third-order valence-electron chi connectivity index (χ3n) is 8.02.